The molecule has 0 heterocycles. The van der Waals surface area contributed by atoms with Crippen LogP contribution in [0.25, 0.3) is 0 Å². The molecule has 1 saturated carbocycles. The molecule has 1 aliphatic carbocycles. The predicted octanol–water partition coefficient (Wildman–Crippen LogP) is 2.52. The lowest BCUT2D eigenvalue weighted by molar-refractivity contribution is -0.136. The van der Waals surface area contributed by atoms with E-state index >= 15 is 0 Å². The fourth-order valence-electron chi connectivity index (χ4n) is 2.41. The standard InChI is InChI=1S/C17H20N4O2/c18-12-11-13-7-9-14(10-8-13)19-16(22)17(23)21-20-15-5-3-1-2-4-6-15/h7-10H,1-6,11H2,(H,19,22)(H,21,23). The van der Waals surface area contributed by atoms with Gasteiger partial charge >= 0.3 is 11.8 Å². The molecule has 0 bridgehead atoms. The zero-order valence-electron chi connectivity index (χ0n) is 13.0. The van der Waals surface area contributed by atoms with Gasteiger partial charge in [-0.05, 0) is 43.4 Å². The Morgan fingerprint density at radius 1 is 1.04 bits per heavy atom. The van der Waals surface area contributed by atoms with Crippen LogP contribution < -0.4 is 10.7 Å². The van der Waals surface area contributed by atoms with E-state index in [-0.39, 0.29) is 0 Å². The first-order valence-corrected chi connectivity index (χ1v) is 7.81. The molecular weight excluding hydrogens is 292 g/mol. The molecule has 1 aliphatic rings. The normalized spacial score (nSPS) is 14.3. The van der Waals surface area contributed by atoms with Crippen molar-refractivity contribution in [3.05, 3.63) is 29.8 Å². The fraction of sp³-hybridized carbons (Fsp3) is 0.412. The topological polar surface area (TPSA) is 94.4 Å². The molecular formula is C17H20N4O2. The van der Waals surface area contributed by atoms with Gasteiger partial charge in [0.05, 0.1) is 12.5 Å². The first kappa shape index (κ1) is 16.7. The molecule has 2 N–H and O–H groups in total. The number of nitrogens with zero attached hydrogens (tertiary/aromatic N) is 2. The first-order chi connectivity index (χ1) is 11.2. The minimum Gasteiger partial charge on any atom is -0.318 e. The van der Waals surface area contributed by atoms with Gasteiger partial charge in [-0.3, -0.25) is 9.59 Å². The van der Waals surface area contributed by atoms with Gasteiger partial charge in [0.1, 0.15) is 0 Å². The van der Waals surface area contributed by atoms with Crippen LogP contribution in [0.3, 0.4) is 0 Å². The average molecular weight is 312 g/mol. The Balaban J connectivity index is 1.85. The highest BCUT2D eigenvalue weighted by molar-refractivity contribution is 6.39. The van der Waals surface area contributed by atoms with E-state index in [2.05, 4.69) is 15.8 Å². The Morgan fingerprint density at radius 2 is 1.70 bits per heavy atom. The van der Waals surface area contributed by atoms with Crippen LogP contribution in [0.5, 0.6) is 0 Å². The number of hydrazone groups is 1. The van der Waals surface area contributed by atoms with Gasteiger partial charge in [-0.25, -0.2) is 5.43 Å². The number of nitrogens with one attached hydrogen (secondary N) is 2. The van der Waals surface area contributed by atoms with E-state index in [1.54, 1.807) is 24.3 Å². The quantitative estimate of drug-likeness (QED) is 0.510. The van der Waals surface area contributed by atoms with Crippen molar-refractivity contribution in [2.45, 2.75) is 44.9 Å². The molecule has 2 rings (SSSR count). The number of benzene rings is 1. The molecule has 0 aliphatic heterocycles. The van der Waals surface area contributed by atoms with E-state index in [0.29, 0.717) is 12.1 Å². The number of carbonyl (C=O) groups excluding carboxylic acids is 2. The van der Waals surface area contributed by atoms with E-state index in [9.17, 15) is 9.59 Å². The third-order valence-corrected chi connectivity index (χ3v) is 3.70. The summed E-state index contributed by atoms with van der Waals surface area (Å²) in [5.41, 5.74) is 4.64. The van der Waals surface area contributed by atoms with E-state index in [0.717, 1.165) is 37.0 Å². The molecule has 23 heavy (non-hydrogen) atoms. The summed E-state index contributed by atoms with van der Waals surface area (Å²) in [6.45, 7) is 0. The number of carbonyl (C=O) groups is 2. The predicted molar refractivity (Wildman–Crippen MR) is 87.7 cm³/mol. The summed E-state index contributed by atoms with van der Waals surface area (Å²) in [6, 6.07) is 8.85. The minimum absolute atomic E-state index is 0.312. The lowest BCUT2D eigenvalue weighted by atomic mass is 10.1. The van der Waals surface area contributed by atoms with Gasteiger partial charge in [0, 0.05) is 11.4 Å². The zero-order chi connectivity index (χ0) is 16.5. The second-order valence-electron chi connectivity index (χ2n) is 5.52. The Hall–Kier alpha value is -2.68. The summed E-state index contributed by atoms with van der Waals surface area (Å²) in [4.78, 5) is 23.6. The van der Waals surface area contributed by atoms with Crippen LogP contribution in [0, 0.1) is 11.3 Å². The second-order valence-corrected chi connectivity index (χ2v) is 5.52. The molecule has 1 aromatic rings. The van der Waals surface area contributed by atoms with Gasteiger partial charge in [0.2, 0.25) is 0 Å². The number of nitriles is 1. The largest absolute Gasteiger partial charge is 0.329 e. The van der Waals surface area contributed by atoms with Crippen molar-refractivity contribution in [2.24, 2.45) is 5.10 Å². The molecule has 1 aromatic carbocycles. The highest BCUT2D eigenvalue weighted by Gasteiger charge is 2.14. The lowest BCUT2D eigenvalue weighted by Gasteiger charge is -2.06. The van der Waals surface area contributed by atoms with E-state index in [1.165, 1.54) is 12.8 Å². The van der Waals surface area contributed by atoms with E-state index in [1.807, 2.05) is 6.07 Å². The van der Waals surface area contributed by atoms with E-state index < -0.39 is 11.8 Å². The van der Waals surface area contributed by atoms with Crippen LogP contribution >= 0.6 is 0 Å². The minimum atomic E-state index is -0.775. The summed E-state index contributed by atoms with van der Waals surface area (Å²) < 4.78 is 0. The molecule has 1 fully saturated rings. The molecule has 0 aromatic heterocycles. The highest BCUT2D eigenvalue weighted by atomic mass is 16.2. The summed E-state index contributed by atoms with van der Waals surface area (Å²) >= 11 is 0. The summed E-state index contributed by atoms with van der Waals surface area (Å²) in [7, 11) is 0. The zero-order valence-corrected chi connectivity index (χ0v) is 13.0. The SMILES string of the molecule is N#CCc1ccc(NC(=O)C(=O)NN=C2CCCCCC2)cc1. The maximum absolute atomic E-state index is 11.8. The van der Waals surface area contributed by atoms with E-state index in [4.69, 9.17) is 5.26 Å². The Kier molecular flexibility index (Phi) is 6.30. The van der Waals surface area contributed by atoms with Crippen molar-refractivity contribution in [3.8, 4) is 6.07 Å². The summed E-state index contributed by atoms with van der Waals surface area (Å²) in [5, 5.41) is 15.2. The smallest absolute Gasteiger partial charge is 0.318 e. The highest BCUT2D eigenvalue weighted by Crippen LogP contribution is 2.14. The van der Waals surface area contributed by atoms with Crippen LogP contribution in [-0.4, -0.2) is 17.5 Å². The van der Waals surface area contributed by atoms with Crippen molar-refractivity contribution in [1.82, 2.24) is 5.43 Å². The third-order valence-electron chi connectivity index (χ3n) is 3.70. The van der Waals surface area contributed by atoms with Crippen molar-refractivity contribution >= 4 is 23.2 Å². The van der Waals surface area contributed by atoms with Crippen LogP contribution in [0.15, 0.2) is 29.4 Å². The third kappa shape index (κ3) is 5.55. The van der Waals surface area contributed by atoms with Crippen molar-refractivity contribution < 1.29 is 9.59 Å². The number of rotatable bonds is 3. The fourth-order valence-corrected chi connectivity index (χ4v) is 2.41. The van der Waals surface area contributed by atoms with Crippen molar-refractivity contribution in [1.29, 1.82) is 5.26 Å². The van der Waals surface area contributed by atoms with Gasteiger partial charge < -0.3 is 5.32 Å². The summed E-state index contributed by atoms with van der Waals surface area (Å²) in [5.74, 6) is -1.53. The van der Waals surface area contributed by atoms with Gasteiger partial charge in [-0.15, -0.1) is 0 Å². The van der Waals surface area contributed by atoms with Crippen molar-refractivity contribution in [2.75, 3.05) is 5.32 Å². The molecule has 0 radical (unpaired) electrons. The number of amides is 2. The molecule has 120 valence electrons. The molecule has 6 nitrogen and oxygen atoms in total. The van der Waals surface area contributed by atoms with Crippen LogP contribution in [-0.2, 0) is 16.0 Å². The molecule has 0 atom stereocenters. The second kappa shape index (κ2) is 8.69. The lowest BCUT2D eigenvalue weighted by Crippen LogP contribution is -2.33. The van der Waals surface area contributed by atoms with Gasteiger partial charge in [-0.2, -0.15) is 10.4 Å². The molecule has 0 saturated heterocycles. The Morgan fingerprint density at radius 3 is 2.30 bits per heavy atom. The Labute approximate surface area is 135 Å². The maximum Gasteiger partial charge on any atom is 0.329 e. The van der Waals surface area contributed by atoms with Crippen LogP contribution in [0.4, 0.5) is 5.69 Å². The maximum atomic E-state index is 11.8. The average Bonchev–Trinajstić information content (AvgIpc) is 2.83. The molecule has 6 heteroatoms. The molecule has 0 spiro atoms. The number of hydrogen-bond acceptors (Lipinski definition) is 4. The molecule has 0 unspecified atom stereocenters. The van der Waals surface area contributed by atoms with Gasteiger partial charge in [0.25, 0.3) is 0 Å². The number of anilines is 1. The van der Waals surface area contributed by atoms with Crippen LogP contribution in [0.2, 0.25) is 0 Å². The number of hydrogen-bond donors (Lipinski definition) is 2. The first-order valence-electron chi connectivity index (χ1n) is 7.81. The van der Waals surface area contributed by atoms with Crippen molar-refractivity contribution in [3.63, 3.8) is 0 Å². The summed E-state index contributed by atoms with van der Waals surface area (Å²) in [6.07, 6.45) is 6.60. The van der Waals surface area contributed by atoms with Gasteiger partial charge in [-0.1, -0.05) is 25.0 Å². The van der Waals surface area contributed by atoms with Gasteiger partial charge in [0.15, 0.2) is 0 Å². The Bertz CT molecular complexity index is 619. The monoisotopic (exact) mass is 312 g/mol. The van der Waals surface area contributed by atoms with Crippen LogP contribution in [0.1, 0.15) is 44.1 Å². The molecule has 2 amide bonds.